The van der Waals surface area contributed by atoms with E-state index in [2.05, 4.69) is 39.0 Å². The van der Waals surface area contributed by atoms with E-state index in [1.165, 1.54) is 48.9 Å². The monoisotopic (exact) mass is 599 g/mol. The molecule has 0 saturated carbocycles. The Labute approximate surface area is 233 Å². The Morgan fingerprint density at radius 1 is 0.976 bits per heavy atom. The first-order chi connectivity index (χ1) is 19.1. The summed E-state index contributed by atoms with van der Waals surface area (Å²) in [5.74, 6) is -4.87. The molecule has 2 aliphatic heterocycles. The van der Waals surface area contributed by atoms with Gasteiger partial charge in [0.1, 0.15) is 0 Å². The summed E-state index contributed by atoms with van der Waals surface area (Å²) in [6.07, 6.45) is -5.58. The fourth-order valence-corrected chi connectivity index (χ4v) is 5.22. The number of H-pyrrole nitrogens is 1. The van der Waals surface area contributed by atoms with Gasteiger partial charge in [0.05, 0.1) is 13.2 Å². The maximum atomic E-state index is 10.6. The van der Waals surface area contributed by atoms with E-state index in [0.717, 1.165) is 32.8 Å². The van der Waals surface area contributed by atoms with Crippen LogP contribution in [0, 0.1) is 11.3 Å². The maximum absolute atomic E-state index is 10.6. The van der Waals surface area contributed by atoms with Crippen molar-refractivity contribution in [2.24, 2.45) is 11.3 Å². The SMILES string of the molecule is COCCN1CC(COC)C2(CCN(Cc3cccc4[nH]ccc34)CC2)C1.O=C(O)C(F)(F)F.O=C(O)C(F)(F)F. The highest BCUT2D eigenvalue weighted by Gasteiger charge is 2.47. The van der Waals surface area contributed by atoms with Crippen molar-refractivity contribution in [3.63, 3.8) is 0 Å². The van der Waals surface area contributed by atoms with E-state index in [0.29, 0.717) is 11.3 Å². The van der Waals surface area contributed by atoms with Crippen molar-refractivity contribution in [2.45, 2.75) is 31.7 Å². The van der Waals surface area contributed by atoms with Crippen molar-refractivity contribution < 1.29 is 55.6 Å². The number of nitrogens with one attached hydrogen (secondary N) is 1. The Morgan fingerprint density at radius 2 is 1.56 bits per heavy atom. The van der Waals surface area contributed by atoms with Crippen molar-refractivity contribution >= 4 is 22.8 Å². The van der Waals surface area contributed by atoms with Crippen LogP contribution in [0.1, 0.15) is 18.4 Å². The first-order valence-electron chi connectivity index (χ1n) is 12.7. The van der Waals surface area contributed by atoms with Gasteiger partial charge in [-0.2, -0.15) is 26.3 Å². The number of nitrogens with zero attached hydrogens (tertiary/aromatic N) is 2. The number of methoxy groups -OCH3 is 2. The molecule has 1 aromatic carbocycles. The second-order valence-corrected chi connectivity index (χ2v) is 9.98. The minimum atomic E-state index is -5.08. The zero-order valence-corrected chi connectivity index (χ0v) is 22.7. The van der Waals surface area contributed by atoms with Crippen LogP contribution in [0.5, 0.6) is 0 Å². The number of halogens is 6. The predicted molar refractivity (Wildman–Crippen MR) is 136 cm³/mol. The lowest BCUT2D eigenvalue weighted by atomic mass is 9.71. The highest BCUT2D eigenvalue weighted by Crippen LogP contribution is 2.45. The van der Waals surface area contributed by atoms with E-state index in [1.54, 1.807) is 7.11 Å². The zero-order valence-electron chi connectivity index (χ0n) is 22.7. The lowest BCUT2D eigenvalue weighted by Crippen LogP contribution is -2.45. The number of hydrogen-bond acceptors (Lipinski definition) is 6. The molecular weight excluding hydrogens is 564 g/mol. The fourth-order valence-electron chi connectivity index (χ4n) is 5.22. The summed E-state index contributed by atoms with van der Waals surface area (Å²) in [4.78, 5) is 26.3. The molecule has 232 valence electrons. The number of rotatable bonds is 7. The van der Waals surface area contributed by atoms with Gasteiger partial charge in [-0.1, -0.05) is 12.1 Å². The summed E-state index contributed by atoms with van der Waals surface area (Å²) < 4.78 is 74.4. The third kappa shape index (κ3) is 10.2. The molecule has 3 heterocycles. The number of benzene rings is 1. The van der Waals surface area contributed by atoms with Crippen LogP contribution in [0.4, 0.5) is 26.3 Å². The molecule has 2 fully saturated rings. The molecule has 2 saturated heterocycles. The molecule has 1 atom stereocenters. The maximum Gasteiger partial charge on any atom is 0.490 e. The largest absolute Gasteiger partial charge is 0.490 e. The van der Waals surface area contributed by atoms with Gasteiger partial charge in [0.15, 0.2) is 0 Å². The zero-order chi connectivity index (χ0) is 30.8. The number of likely N-dealkylation sites (tertiary alicyclic amines) is 2. The molecule has 0 bridgehead atoms. The quantitative estimate of drug-likeness (QED) is 0.405. The normalized spacial score (nSPS) is 19.4. The molecule has 0 amide bonds. The lowest BCUT2D eigenvalue weighted by molar-refractivity contribution is -0.193. The number of carboxylic acid groups (broad SMARTS) is 2. The molecule has 41 heavy (non-hydrogen) atoms. The Balaban J connectivity index is 0.000000349. The van der Waals surface area contributed by atoms with E-state index >= 15 is 0 Å². The summed E-state index contributed by atoms with van der Waals surface area (Å²) in [5.41, 5.74) is 3.09. The summed E-state index contributed by atoms with van der Waals surface area (Å²) in [5, 5.41) is 15.6. The molecule has 1 unspecified atom stereocenters. The van der Waals surface area contributed by atoms with Crippen molar-refractivity contribution in [2.75, 3.05) is 60.2 Å². The molecule has 2 aliphatic rings. The molecule has 15 heteroatoms. The fraction of sp³-hybridized carbons (Fsp3) is 0.615. The third-order valence-corrected chi connectivity index (χ3v) is 7.28. The van der Waals surface area contributed by atoms with Gasteiger partial charge in [0, 0.05) is 63.4 Å². The number of fused-ring (bicyclic) bond motifs is 1. The molecule has 0 radical (unpaired) electrons. The number of ether oxygens (including phenoxy) is 2. The summed E-state index contributed by atoms with van der Waals surface area (Å²) in [6, 6.07) is 8.80. The van der Waals surface area contributed by atoms with Gasteiger partial charge in [0.2, 0.25) is 0 Å². The first kappa shape index (κ1) is 34.3. The van der Waals surface area contributed by atoms with Gasteiger partial charge in [-0.15, -0.1) is 0 Å². The Kier molecular flexibility index (Phi) is 12.4. The van der Waals surface area contributed by atoms with Gasteiger partial charge in [-0.3, -0.25) is 4.90 Å². The number of alkyl halides is 6. The van der Waals surface area contributed by atoms with Crippen LogP contribution in [0.3, 0.4) is 0 Å². The molecule has 2 aromatic rings. The number of hydrogen-bond donors (Lipinski definition) is 3. The smallest absolute Gasteiger partial charge is 0.475 e. The van der Waals surface area contributed by atoms with Crippen LogP contribution < -0.4 is 0 Å². The molecule has 3 N–H and O–H groups in total. The molecule has 0 aliphatic carbocycles. The van der Waals surface area contributed by atoms with Crippen LogP contribution >= 0.6 is 0 Å². The molecule has 4 rings (SSSR count). The van der Waals surface area contributed by atoms with Crippen LogP contribution in [0.15, 0.2) is 30.5 Å². The number of piperidine rings is 1. The van der Waals surface area contributed by atoms with E-state index in [4.69, 9.17) is 29.3 Å². The number of carboxylic acids is 2. The number of carbonyl (C=O) groups is 2. The Bertz CT molecular complexity index is 1090. The summed E-state index contributed by atoms with van der Waals surface area (Å²) in [7, 11) is 3.64. The van der Waals surface area contributed by atoms with Gasteiger partial charge < -0.3 is 29.6 Å². The second kappa shape index (κ2) is 14.8. The van der Waals surface area contributed by atoms with Crippen molar-refractivity contribution in [1.82, 2.24) is 14.8 Å². The minimum absolute atomic E-state index is 0.417. The molecular formula is C26H35F6N3O6. The molecule has 9 nitrogen and oxygen atoms in total. The van der Waals surface area contributed by atoms with Crippen LogP contribution in [-0.4, -0.2) is 109 Å². The van der Waals surface area contributed by atoms with Crippen molar-refractivity contribution in [1.29, 1.82) is 0 Å². The van der Waals surface area contributed by atoms with E-state index in [9.17, 15) is 26.3 Å². The average Bonchev–Trinajstić information content (AvgIpc) is 3.50. The van der Waals surface area contributed by atoms with Crippen molar-refractivity contribution in [3.05, 3.63) is 36.0 Å². The Hall–Kier alpha value is -2.88. The highest BCUT2D eigenvalue weighted by molar-refractivity contribution is 5.82. The number of aliphatic carboxylic acids is 2. The van der Waals surface area contributed by atoms with Gasteiger partial charge in [0.25, 0.3) is 0 Å². The van der Waals surface area contributed by atoms with Gasteiger partial charge in [-0.25, -0.2) is 9.59 Å². The van der Waals surface area contributed by atoms with Crippen molar-refractivity contribution in [3.8, 4) is 0 Å². The van der Waals surface area contributed by atoms with Gasteiger partial charge in [-0.05, 0) is 49.0 Å². The topological polar surface area (TPSA) is 115 Å². The summed E-state index contributed by atoms with van der Waals surface area (Å²) in [6.45, 7) is 8.50. The summed E-state index contributed by atoms with van der Waals surface area (Å²) >= 11 is 0. The molecule has 1 aromatic heterocycles. The predicted octanol–water partition coefficient (Wildman–Crippen LogP) is 4.24. The molecule has 1 spiro atoms. The van der Waals surface area contributed by atoms with E-state index in [-0.39, 0.29) is 0 Å². The van der Waals surface area contributed by atoms with E-state index in [1.807, 2.05) is 13.3 Å². The number of aromatic amines is 1. The lowest BCUT2D eigenvalue weighted by Gasteiger charge is -2.42. The van der Waals surface area contributed by atoms with Crippen LogP contribution in [-0.2, 0) is 25.6 Å². The Morgan fingerprint density at radius 3 is 2.07 bits per heavy atom. The second-order valence-electron chi connectivity index (χ2n) is 9.98. The standard InChI is InChI=1S/C22H33N3O2.2C2HF3O2/c1-26-13-12-25-15-19(16-27-2)22(17-25)7-10-24(11-8-22)14-18-4-3-5-21-20(18)6-9-23-21;2*3-2(4,5)1(6)7/h3-6,9,19,23H,7-8,10-17H2,1-2H3;2*(H,6,7). The third-order valence-electron chi connectivity index (χ3n) is 7.28. The first-order valence-corrected chi connectivity index (χ1v) is 12.7. The van der Waals surface area contributed by atoms with E-state index < -0.39 is 24.3 Å². The van der Waals surface area contributed by atoms with Gasteiger partial charge >= 0.3 is 24.3 Å². The minimum Gasteiger partial charge on any atom is -0.475 e. The van der Waals surface area contributed by atoms with Crippen LogP contribution in [0.25, 0.3) is 10.9 Å². The number of aromatic nitrogens is 1. The average molecular weight is 600 g/mol. The highest BCUT2D eigenvalue weighted by atomic mass is 19.4. The van der Waals surface area contributed by atoms with Crippen LogP contribution in [0.2, 0.25) is 0 Å².